The lowest BCUT2D eigenvalue weighted by Crippen LogP contribution is -1.99. The predicted molar refractivity (Wildman–Crippen MR) is 69.3 cm³/mol. The van der Waals surface area contributed by atoms with Crippen LogP contribution >= 0.6 is 11.6 Å². The van der Waals surface area contributed by atoms with Crippen LogP contribution in [0.3, 0.4) is 0 Å². The molecule has 0 bridgehead atoms. The number of nitrogen functional groups attached to an aromatic ring is 1. The maximum atomic E-state index is 13.7. The smallest absolute Gasteiger partial charge is 0.275 e. The Labute approximate surface area is 117 Å². The predicted octanol–water partition coefficient (Wildman–Crippen LogP) is 2.86. The van der Waals surface area contributed by atoms with E-state index in [2.05, 4.69) is 9.97 Å². The fourth-order valence-corrected chi connectivity index (χ4v) is 1.68. The fraction of sp³-hybridized carbons (Fsp3) is 0.0909. The fourth-order valence-electron chi connectivity index (χ4n) is 1.50. The first-order valence-electron chi connectivity index (χ1n) is 5.29. The standard InChI is InChI=1S/C11H8ClFN4O3/c1-5-2-8(6(13)3-7(5)17(18)19)20-10-4-9(12)15-11(14)16-10/h2-4H,1H3,(H2,14,15,16). The van der Waals surface area contributed by atoms with Gasteiger partial charge in [0.2, 0.25) is 11.8 Å². The summed E-state index contributed by atoms with van der Waals surface area (Å²) in [5.41, 5.74) is 5.29. The summed E-state index contributed by atoms with van der Waals surface area (Å²) in [5, 5.41) is 10.7. The summed E-state index contributed by atoms with van der Waals surface area (Å²) < 4.78 is 18.9. The number of hydrogen-bond acceptors (Lipinski definition) is 6. The van der Waals surface area contributed by atoms with Gasteiger partial charge in [-0.1, -0.05) is 11.6 Å². The lowest BCUT2D eigenvalue weighted by Gasteiger charge is -2.07. The molecule has 7 nitrogen and oxygen atoms in total. The van der Waals surface area contributed by atoms with E-state index in [1.165, 1.54) is 19.1 Å². The van der Waals surface area contributed by atoms with Crippen molar-refractivity contribution in [2.75, 3.05) is 5.73 Å². The van der Waals surface area contributed by atoms with E-state index in [9.17, 15) is 14.5 Å². The number of aromatic nitrogens is 2. The number of benzene rings is 1. The van der Waals surface area contributed by atoms with E-state index in [1.54, 1.807) is 0 Å². The van der Waals surface area contributed by atoms with Gasteiger partial charge in [0.25, 0.3) is 5.69 Å². The molecule has 1 aromatic carbocycles. The second-order valence-corrected chi connectivity index (χ2v) is 4.20. The van der Waals surface area contributed by atoms with E-state index in [-0.39, 0.29) is 34.0 Å². The van der Waals surface area contributed by atoms with E-state index in [0.29, 0.717) is 0 Å². The zero-order chi connectivity index (χ0) is 14.9. The number of rotatable bonds is 3. The van der Waals surface area contributed by atoms with E-state index in [4.69, 9.17) is 22.1 Å². The maximum absolute atomic E-state index is 13.7. The minimum absolute atomic E-state index is 0.0338. The van der Waals surface area contributed by atoms with Gasteiger partial charge < -0.3 is 10.5 Å². The van der Waals surface area contributed by atoms with Gasteiger partial charge in [0, 0.05) is 11.6 Å². The second-order valence-electron chi connectivity index (χ2n) is 3.82. The molecular formula is C11H8ClFN4O3. The monoisotopic (exact) mass is 298 g/mol. The highest BCUT2D eigenvalue weighted by atomic mass is 35.5. The molecule has 0 fully saturated rings. The first kappa shape index (κ1) is 13.9. The molecule has 0 saturated carbocycles. The van der Waals surface area contributed by atoms with Crippen LogP contribution in [0.25, 0.3) is 0 Å². The van der Waals surface area contributed by atoms with Crippen LogP contribution in [0.4, 0.5) is 16.0 Å². The number of nitro benzene ring substituents is 1. The lowest BCUT2D eigenvalue weighted by molar-refractivity contribution is -0.385. The third-order valence-electron chi connectivity index (χ3n) is 2.35. The first-order chi connectivity index (χ1) is 9.36. The van der Waals surface area contributed by atoms with E-state index >= 15 is 0 Å². The van der Waals surface area contributed by atoms with Crippen LogP contribution in [0.2, 0.25) is 5.15 Å². The average molecular weight is 299 g/mol. The minimum Gasteiger partial charge on any atom is -0.436 e. The molecule has 2 rings (SSSR count). The third-order valence-corrected chi connectivity index (χ3v) is 2.54. The molecule has 0 saturated heterocycles. The summed E-state index contributed by atoms with van der Waals surface area (Å²) in [5.74, 6) is -1.31. The molecular weight excluding hydrogens is 291 g/mol. The van der Waals surface area contributed by atoms with Gasteiger partial charge in [0.05, 0.1) is 11.0 Å². The molecule has 0 spiro atoms. The van der Waals surface area contributed by atoms with Crippen LogP contribution in [0.5, 0.6) is 11.6 Å². The van der Waals surface area contributed by atoms with Gasteiger partial charge in [-0.3, -0.25) is 10.1 Å². The van der Waals surface area contributed by atoms with E-state index in [0.717, 1.165) is 6.07 Å². The maximum Gasteiger partial charge on any atom is 0.275 e. The number of anilines is 1. The molecule has 0 radical (unpaired) electrons. The molecule has 0 atom stereocenters. The first-order valence-corrected chi connectivity index (χ1v) is 5.67. The molecule has 104 valence electrons. The highest BCUT2D eigenvalue weighted by Crippen LogP contribution is 2.30. The van der Waals surface area contributed by atoms with Gasteiger partial charge in [0.15, 0.2) is 11.6 Å². The highest BCUT2D eigenvalue weighted by Gasteiger charge is 2.17. The van der Waals surface area contributed by atoms with Gasteiger partial charge in [0.1, 0.15) is 5.15 Å². The van der Waals surface area contributed by atoms with Gasteiger partial charge in [-0.25, -0.2) is 9.37 Å². The Hall–Kier alpha value is -2.48. The topological polar surface area (TPSA) is 104 Å². The molecule has 2 aromatic rings. The summed E-state index contributed by atoms with van der Waals surface area (Å²) in [6.07, 6.45) is 0. The molecule has 1 aromatic heterocycles. The van der Waals surface area contributed by atoms with Crippen molar-refractivity contribution in [3.8, 4) is 11.6 Å². The Morgan fingerprint density at radius 1 is 1.40 bits per heavy atom. The van der Waals surface area contributed by atoms with Crippen LogP contribution in [0.15, 0.2) is 18.2 Å². The number of nitrogens with zero attached hydrogens (tertiary/aromatic N) is 3. The number of nitrogens with two attached hydrogens (primary N) is 1. The zero-order valence-electron chi connectivity index (χ0n) is 10.1. The van der Waals surface area contributed by atoms with Crippen LogP contribution in [0.1, 0.15) is 5.56 Å². The Kier molecular flexibility index (Phi) is 3.66. The molecule has 1 heterocycles. The summed E-state index contributed by atoms with van der Waals surface area (Å²) in [6, 6.07) is 3.21. The van der Waals surface area contributed by atoms with Gasteiger partial charge in [-0.15, -0.1) is 0 Å². The average Bonchev–Trinajstić information content (AvgIpc) is 2.31. The van der Waals surface area contributed by atoms with Crippen molar-refractivity contribution in [2.24, 2.45) is 0 Å². The van der Waals surface area contributed by atoms with Gasteiger partial charge >= 0.3 is 0 Å². The Balaban J connectivity index is 2.39. The molecule has 0 amide bonds. The Bertz CT molecular complexity index is 675. The Morgan fingerprint density at radius 2 is 2.10 bits per heavy atom. The minimum atomic E-state index is -0.893. The van der Waals surface area contributed by atoms with Crippen LogP contribution in [0, 0.1) is 22.9 Å². The summed E-state index contributed by atoms with van der Waals surface area (Å²) in [4.78, 5) is 17.3. The molecule has 20 heavy (non-hydrogen) atoms. The summed E-state index contributed by atoms with van der Waals surface area (Å²) in [7, 11) is 0. The van der Waals surface area contributed by atoms with Crippen LogP contribution < -0.4 is 10.5 Å². The normalized spacial score (nSPS) is 10.3. The summed E-state index contributed by atoms with van der Waals surface area (Å²) in [6.45, 7) is 1.46. The second kappa shape index (κ2) is 5.25. The van der Waals surface area contributed by atoms with Crippen molar-refractivity contribution in [2.45, 2.75) is 6.92 Å². The van der Waals surface area contributed by atoms with Crippen molar-refractivity contribution in [1.82, 2.24) is 9.97 Å². The number of aryl methyl sites for hydroxylation is 1. The van der Waals surface area contributed by atoms with Gasteiger partial charge in [-0.2, -0.15) is 4.98 Å². The van der Waals surface area contributed by atoms with Crippen molar-refractivity contribution in [1.29, 1.82) is 0 Å². The molecule has 0 unspecified atom stereocenters. The molecule has 0 aliphatic rings. The van der Waals surface area contributed by atoms with Crippen LogP contribution in [-0.4, -0.2) is 14.9 Å². The Morgan fingerprint density at radius 3 is 2.70 bits per heavy atom. The van der Waals surface area contributed by atoms with Crippen molar-refractivity contribution in [3.63, 3.8) is 0 Å². The number of ether oxygens (including phenoxy) is 1. The van der Waals surface area contributed by atoms with E-state index in [1.807, 2.05) is 0 Å². The zero-order valence-corrected chi connectivity index (χ0v) is 10.9. The number of nitro groups is 1. The molecule has 0 aliphatic heterocycles. The lowest BCUT2D eigenvalue weighted by atomic mass is 10.2. The molecule has 0 aliphatic carbocycles. The van der Waals surface area contributed by atoms with Gasteiger partial charge in [-0.05, 0) is 13.0 Å². The van der Waals surface area contributed by atoms with Crippen molar-refractivity contribution >= 4 is 23.2 Å². The summed E-state index contributed by atoms with van der Waals surface area (Å²) >= 11 is 5.66. The largest absolute Gasteiger partial charge is 0.436 e. The molecule has 2 N–H and O–H groups in total. The number of halogens is 2. The van der Waals surface area contributed by atoms with Crippen molar-refractivity contribution < 1.29 is 14.1 Å². The molecule has 9 heteroatoms. The number of hydrogen-bond donors (Lipinski definition) is 1. The highest BCUT2D eigenvalue weighted by molar-refractivity contribution is 6.29. The van der Waals surface area contributed by atoms with Crippen molar-refractivity contribution in [3.05, 3.63) is 44.8 Å². The quantitative estimate of drug-likeness (QED) is 0.531. The SMILES string of the molecule is Cc1cc(Oc2cc(Cl)nc(N)n2)c(F)cc1[N+](=O)[O-]. The van der Waals surface area contributed by atoms with E-state index < -0.39 is 10.7 Å². The third kappa shape index (κ3) is 2.91. The van der Waals surface area contributed by atoms with Crippen LogP contribution in [-0.2, 0) is 0 Å².